The minimum atomic E-state index is -0.0642. The summed E-state index contributed by atoms with van der Waals surface area (Å²) in [6.45, 7) is 5.99. The molecule has 100 valence electrons. The van der Waals surface area contributed by atoms with Crippen molar-refractivity contribution in [3.8, 4) is 0 Å². The fraction of sp³-hybridized carbons (Fsp3) is 0.357. The van der Waals surface area contributed by atoms with Gasteiger partial charge in [0.15, 0.2) is 0 Å². The molecular formula is C14H17N3O2. The average Bonchev–Trinajstić information content (AvgIpc) is 2.74. The smallest absolute Gasteiger partial charge is 0.255 e. The first-order valence-electron chi connectivity index (χ1n) is 6.09. The first kappa shape index (κ1) is 13.3. The molecule has 0 aliphatic heterocycles. The number of pyridine rings is 1. The van der Waals surface area contributed by atoms with Gasteiger partial charge in [-0.3, -0.25) is 9.78 Å². The van der Waals surface area contributed by atoms with Crippen molar-refractivity contribution in [2.75, 3.05) is 7.05 Å². The van der Waals surface area contributed by atoms with Crippen molar-refractivity contribution in [1.82, 2.24) is 15.0 Å². The van der Waals surface area contributed by atoms with Crippen LogP contribution in [0.3, 0.4) is 0 Å². The van der Waals surface area contributed by atoms with Crippen LogP contribution >= 0.6 is 0 Å². The van der Waals surface area contributed by atoms with Gasteiger partial charge in [-0.05, 0) is 32.9 Å². The highest BCUT2D eigenvalue weighted by atomic mass is 16.5. The third-order valence-electron chi connectivity index (χ3n) is 2.88. The average molecular weight is 259 g/mol. The van der Waals surface area contributed by atoms with Crippen molar-refractivity contribution < 1.29 is 9.32 Å². The van der Waals surface area contributed by atoms with Crippen LogP contribution in [0.5, 0.6) is 0 Å². The van der Waals surface area contributed by atoms with Crippen molar-refractivity contribution >= 4 is 5.91 Å². The fourth-order valence-electron chi connectivity index (χ4n) is 1.93. The first-order valence-corrected chi connectivity index (χ1v) is 6.09. The minimum Gasteiger partial charge on any atom is -0.361 e. The lowest BCUT2D eigenvalue weighted by Crippen LogP contribution is -2.27. The van der Waals surface area contributed by atoms with Crippen LogP contribution in [0, 0.1) is 20.8 Å². The maximum Gasteiger partial charge on any atom is 0.255 e. The molecule has 1 amide bonds. The number of aromatic nitrogens is 2. The monoisotopic (exact) mass is 259 g/mol. The molecule has 0 radical (unpaired) electrons. The number of aryl methyl sites for hydroxylation is 3. The summed E-state index contributed by atoms with van der Waals surface area (Å²) in [4.78, 5) is 18.2. The number of nitrogens with zero attached hydrogens (tertiary/aromatic N) is 3. The molecule has 2 aromatic rings. The number of carbonyl (C=O) groups is 1. The van der Waals surface area contributed by atoms with Gasteiger partial charge in [0.05, 0.1) is 17.8 Å². The molecule has 5 heteroatoms. The molecule has 0 aliphatic rings. The number of rotatable bonds is 3. The van der Waals surface area contributed by atoms with Gasteiger partial charge < -0.3 is 9.42 Å². The molecular weight excluding hydrogens is 242 g/mol. The zero-order chi connectivity index (χ0) is 14.0. The lowest BCUT2D eigenvalue weighted by atomic mass is 10.1. The van der Waals surface area contributed by atoms with Gasteiger partial charge in [-0.25, -0.2) is 0 Å². The Morgan fingerprint density at radius 2 is 2.05 bits per heavy atom. The van der Waals surface area contributed by atoms with E-state index in [0.717, 1.165) is 22.8 Å². The molecule has 2 rings (SSSR count). The number of hydrogen-bond donors (Lipinski definition) is 0. The van der Waals surface area contributed by atoms with E-state index >= 15 is 0 Å². The summed E-state index contributed by atoms with van der Waals surface area (Å²) < 4.78 is 4.99. The molecule has 0 aromatic carbocycles. The van der Waals surface area contributed by atoms with Crippen LogP contribution < -0.4 is 0 Å². The van der Waals surface area contributed by atoms with E-state index < -0.39 is 0 Å². The van der Waals surface area contributed by atoms with Gasteiger partial charge in [0.25, 0.3) is 5.91 Å². The fourth-order valence-corrected chi connectivity index (χ4v) is 1.93. The standard InChI is InChI=1S/C14H17N3O2/c1-9-5-6-13(11(3)15-9)14(18)17(4)8-12-7-10(2)19-16-12/h5-7H,8H2,1-4H3. The Kier molecular flexibility index (Phi) is 3.64. The van der Waals surface area contributed by atoms with Crippen LogP contribution in [0.25, 0.3) is 0 Å². The maximum absolute atomic E-state index is 12.3. The Hall–Kier alpha value is -2.17. The van der Waals surface area contributed by atoms with Gasteiger partial charge in [-0.15, -0.1) is 0 Å². The van der Waals surface area contributed by atoms with Crippen molar-refractivity contribution in [3.63, 3.8) is 0 Å². The van der Waals surface area contributed by atoms with Crippen LogP contribution in [0.2, 0.25) is 0 Å². The third kappa shape index (κ3) is 2.99. The van der Waals surface area contributed by atoms with Crippen LogP contribution in [-0.2, 0) is 6.54 Å². The Balaban J connectivity index is 2.14. The number of carbonyl (C=O) groups excluding carboxylic acids is 1. The summed E-state index contributed by atoms with van der Waals surface area (Å²) in [5.74, 6) is 0.676. The SMILES string of the molecule is Cc1ccc(C(=O)N(C)Cc2cc(C)on2)c(C)n1. The highest BCUT2D eigenvalue weighted by Crippen LogP contribution is 2.12. The highest BCUT2D eigenvalue weighted by Gasteiger charge is 2.16. The second-order valence-electron chi connectivity index (χ2n) is 4.68. The summed E-state index contributed by atoms with van der Waals surface area (Å²) in [7, 11) is 1.74. The van der Waals surface area contributed by atoms with Crippen LogP contribution in [-0.4, -0.2) is 28.0 Å². The molecule has 0 atom stereocenters. The summed E-state index contributed by atoms with van der Waals surface area (Å²) in [5.41, 5.74) is 3.01. The predicted octanol–water partition coefficient (Wildman–Crippen LogP) is 2.27. The van der Waals surface area contributed by atoms with Gasteiger partial charge >= 0.3 is 0 Å². The predicted molar refractivity (Wildman–Crippen MR) is 70.7 cm³/mol. The zero-order valence-electron chi connectivity index (χ0n) is 11.6. The molecule has 19 heavy (non-hydrogen) atoms. The van der Waals surface area contributed by atoms with Crippen LogP contribution in [0.4, 0.5) is 0 Å². The molecule has 0 fully saturated rings. The van der Waals surface area contributed by atoms with Gasteiger partial charge in [0, 0.05) is 18.8 Å². The molecule has 0 bridgehead atoms. The second-order valence-corrected chi connectivity index (χ2v) is 4.68. The molecule has 2 heterocycles. The minimum absolute atomic E-state index is 0.0642. The highest BCUT2D eigenvalue weighted by molar-refractivity contribution is 5.95. The zero-order valence-corrected chi connectivity index (χ0v) is 11.6. The number of hydrogen-bond acceptors (Lipinski definition) is 4. The normalized spacial score (nSPS) is 10.5. The summed E-state index contributed by atoms with van der Waals surface area (Å²) in [6, 6.07) is 5.48. The second kappa shape index (κ2) is 5.22. The number of amides is 1. The Morgan fingerprint density at radius 1 is 1.32 bits per heavy atom. The Labute approximate surface area is 112 Å². The van der Waals surface area contributed by atoms with E-state index in [1.54, 1.807) is 11.9 Å². The quantitative estimate of drug-likeness (QED) is 0.848. The van der Waals surface area contributed by atoms with Crippen LogP contribution in [0.1, 0.15) is 33.2 Å². The van der Waals surface area contributed by atoms with E-state index in [1.807, 2.05) is 39.0 Å². The summed E-state index contributed by atoms with van der Waals surface area (Å²) in [5, 5.41) is 3.88. The van der Waals surface area contributed by atoms with Gasteiger partial charge in [0.1, 0.15) is 11.5 Å². The van der Waals surface area contributed by atoms with Crippen molar-refractivity contribution in [1.29, 1.82) is 0 Å². The van der Waals surface area contributed by atoms with Gasteiger partial charge in [-0.2, -0.15) is 0 Å². The largest absolute Gasteiger partial charge is 0.361 e. The third-order valence-corrected chi connectivity index (χ3v) is 2.88. The first-order chi connectivity index (χ1) is 8.97. The lowest BCUT2D eigenvalue weighted by molar-refractivity contribution is 0.0781. The van der Waals surface area contributed by atoms with E-state index in [1.165, 1.54) is 0 Å². The van der Waals surface area contributed by atoms with E-state index in [4.69, 9.17) is 4.52 Å². The van der Waals surface area contributed by atoms with E-state index in [0.29, 0.717) is 12.1 Å². The molecule has 0 spiro atoms. The van der Waals surface area contributed by atoms with E-state index in [9.17, 15) is 4.79 Å². The van der Waals surface area contributed by atoms with E-state index in [2.05, 4.69) is 10.1 Å². The lowest BCUT2D eigenvalue weighted by Gasteiger charge is -2.16. The van der Waals surface area contributed by atoms with Crippen molar-refractivity contribution in [2.24, 2.45) is 0 Å². The van der Waals surface area contributed by atoms with Crippen molar-refractivity contribution in [3.05, 3.63) is 46.6 Å². The molecule has 0 aliphatic carbocycles. The van der Waals surface area contributed by atoms with Gasteiger partial charge in [0.2, 0.25) is 0 Å². The molecule has 0 saturated heterocycles. The molecule has 0 unspecified atom stereocenters. The maximum atomic E-state index is 12.3. The van der Waals surface area contributed by atoms with E-state index in [-0.39, 0.29) is 5.91 Å². The molecule has 5 nitrogen and oxygen atoms in total. The molecule has 0 saturated carbocycles. The van der Waals surface area contributed by atoms with Crippen LogP contribution in [0.15, 0.2) is 22.7 Å². The summed E-state index contributed by atoms with van der Waals surface area (Å²) >= 11 is 0. The molecule has 0 N–H and O–H groups in total. The topological polar surface area (TPSA) is 59.2 Å². The summed E-state index contributed by atoms with van der Waals surface area (Å²) in [6.07, 6.45) is 0. The molecule has 2 aromatic heterocycles. The Bertz CT molecular complexity index is 604. The Morgan fingerprint density at radius 3 is 2.63 bits per heavy atom. The van der Waals surface area contributed by atoms with Crippen molar-refractivity contribution in [2.45, 2.75) is 27.3 Å². The van der Waals surface area contributed by atoms with Gasteiger partial charge in [-0.1, -0.05) is 5.16 Å².